The van der Waals surface area contributed by atoms with Crippen LogP contribution in [0.3, 0.4) is 0 Å². The molecule has 0 radical (unpaired) electrons. The number of rotatable bonds is 5. The van der Waals surface area contributed by atoms with E-state index in [1.807, 2.05) is 0 Å². The lowest BCUT2D eigenvalue weighted by Crippen LogP contribution is -2.15. The SMILES string of the molecule is Cc1cc(NC(=O)CCn2cc(C(=O)O)nn2)no1. The average molecular weight is 265 g/mol. The molecule has 0 aliphatic heterocycles. The van der Waals surface area contributed by atoms with E-state index in [0.29, 0.717) is 11.6 Å². The molecule has 9 heteroatoms. The number of amides is 1. The summed E-state index contributed by atoms with van der Waals surface area (Å²) in [6.07, 6.45) is 1.38. The van der Waals surface area contributed by atoms with Gasteiger partial charge in [0.25, 0.3) is 0 Å². The molecule has 2 heterocycles. The minimum absolute atomic E-state index is 0.119. The van der Waals surface area contributed by atoms with Crippen LogP contribution in [0.25, 0.3) is 0 Å². The van der Waals surface area contributed by atoms with Crippen molar-refractivity contribution >= 4 is 17.7 Å². The number of aryl methyl sites for hydroxylation is 2. The monoisotopic (exact) mass is 265 g/mol. The van der Waals surface area contributed by atoms with E-state index in [0.717, 1.165) is 0 Å². The topological polar surface area (TPSA) is 123 Å². The summed E-state index contributed by atoms with van der Waals surface area (Å²) >= 11 is 0. The zero-order chi connectivity index (χ0) is 13.8. The zero-order valence-corrected chi connectivity index (χ0v) is 10.0. The van der Waals surface area contributed by atoms with E-state index in [9.17, 15) is 9.59 Å². The van der Waals surface area contributed by atoms with Crippen molar-refractivity contribution in [2.75, 3.05) is 5.32 Å². The van der Waals surface area contributed by atoms with E-state index in [-0.39, 0.29) is 24.6 Å². The molecule has 19 heavy (non-hydrogen) atoms. The van der Waals surface area contributed by atoms with Crippen LogP contribution < -0.4 is 5.32 Å². The molecule has 0 atom stereocenters. The first kappa shape index (κ1) is 12.7. The van der Waals surface area contributed by atoms with E-state index >= 15 is 0 Å². The van der Waals surface area contributed by atoms with Gasteiger partial charge in [0, 0.05) is 12.5 Å². The summed E-state index contributed by atoms with van der Waals surface area (Å²) in [6, 6.07) is 1.59. The fraction of sp³-hybridized carbons (Fsp3) is 0.300. The molecular weight excluding hydrogens is 254 g/mol. The smallest absolute Gasteiger partial charge is 0.358 e. The van der Waals surface area contributed by atoms with Crippen LogP contribution in [0.2, 0.25) is 0 Å². The van der Waals surface area contributed by atoms with Crippen molar-refractivity contribution in [3.8, 4) is 0 Å². The van der Waals surface area contributed by atoms with Gasteiger partial charge < -0.3 is 14.9 Å². The molecule has 2 aromatic rings. The van der Waals surface area contributed by atoms with Gasteiger partial charge in [-0.2, -0.15) is 0 Å². The van der Waals surface area contributed by atoms with Gasteiger partial charge in [0.05, 0.1) is 12.7 Å². The summed E-state index contributed by atoms with van der Waals surface area (Å²) in [5, 5.41) is 21.8. The molecule has 1 amide bonds. The Morgan fingerprint density at radius 2 is 2.32 bits per heavy atom. The maximum Gasteiger partial charge on any atom is 0.358 e. The fourth-order valence-electron chi connectivity index (χ4n) is 1.35. The second-order valence-corrected chi connectivity index (χ2v) is 3.79. The molecule has 2 aromatic heterocycles. The van der Waals surface area contributed by atoms with Crippen LogP contribution in [-0.4, -0.2) is 37.1 Å². The highest BCUT2D eigenvalue weighted by atomic mass is 16.5. The van der Waals surface area contributed by atoms with Crippen LogP contribution in [0.1, 0.15) is 22.7 Å². The third-order valence-electron chi connectivity index (χ3n) is 2.22. The van der Waals surface area contributed by atoms with E-state index in [2.05, 4.69) is 20.8 Å². The summed E-state index contributed by atoms with van der Waals surface area (Å²) in [4.78, 5) is 22.1. The third-order valence-corrected chi connectivity index (χ3v) is 2.22. The van der Waals surface area contributed by atoms with Crippen molar-refractivity contribution in [3.05, 3.63) is 23.7 Å². The van der Waals surface area contributed by atoms with Gasteiger partial charge in [-0.05, 0) is 6.92 Å². The third kappa shape index (κ3) is 3.37. The molecule has 2 rings (SSSR count). The van der Waals surface area contributed by atoms with E-state index in [1.165, 1.54) is 10.9 Å². The van der Waals surface area contributed by atoms with Crippen molar-refractivity contribution in [3.63, 3.8) is 0 Å². The number of aromatic carboxylic acids is 1. The Morgan fingerprint density at radius 3 is 2.89 bits per heavy atom. The van der Waals surface area contributed by atoms with E-state index in [4.69, 9.17) is 9.63 Å². The highest BCUT2D eigenvalue weighted by molar-refractivity contribution is 5.89. The molecule has 0 saturated heterocycles. The Kier molecular flexibility index (Phi) is 3.55. The second kappa shape index (κ2) is 5.29. The molecule has 0 aromatic carbocycles. The van der Waals surface area contributed by atoms with Crippen molar-refractivity contribution < 1.29 is 19.2 Å². The first-order chi connectivity index (χ1) is 9.04. The molecule has 100 valence electrons. The maximum atomic E-state index is 11.6. The molecule has 0 spiro atoms. The number of anilines is 1. The molecule has 0 fully saturated rings. The van der Waals surface area contributed by atoms with Gasteiger partial charge in [0.2, 0.25) is 5.91 Å². The van der Waals surface area contributed by atoms with Crippen molar-refractivity contribution in [1.82, 2.24) is 20.2 Å². The highest BCUT2D eigenvalue weighted by Crippen LogP contribution is 2.07. The van der Waals surface area contributed by atoms with Gasteiger partial charge in [-0.3, -0.25) is 9.48 Å². The molecule has 0 saturated carbocycles. The van der Waals surface area contributed by atoms with Crippen molar-refractivity contribution in [2.24, 2.45) is 0 Å². The van der Waals surface area contributed by atoms with Gasteiger partial charge in [0.15, 0.2) is 11.5 Å². The number of hydrogen-bond acceptors (Lipinski definition) is 6. The molecular formula is C10H11N5O4. The van der Waals surface area contributed by atoms with Gasteiger partial charge in [-0.15, -0.1) is 5.10 Å². The molecule has 2 N–H and O–H groups in total. The van der Waals surface area contributed by atoms with Crippen LogP contribution in [0.4, 0.5) is 5.82 Å². The number of carboxylic acid groups (broad SMARTS) is 1. The van der Waals surface area contributed by atoms with E-state index < -0.39 is 5.97 Å². The maximum absolute atomic E-state index is 11.6. The quantitative estimate of drug-likeness (QED) is 0.796. The zero-order valence-electron chi connectivity index (χ0n) is 10.0. The molecule has 0 aliphatic rings. The lowest BCUT2D eigenvalue weighted by Gasteiger charge is -2.00. The summed E-state index contributed by atoms with van der Waals surface area (Å²) in [6.45, 7) is 1.94. The molecule has 9 nitrogen and oxygen atoms in total. The molecule has 0 bridgehead atoms. The summed E-state index contributed by atoms with van der Waals surface area (Å²) in [7, 11) is 0. The van der Waals surface area contributed by atoms with Gasteiger partial charge >= 0.3 is 5.97 Å². The van der Waals surface area contributed by atoms with Crippen LogP contribution in [-0.2, 0) is 11.3 Å². The van der Waals surface area contributed by atoms with Gasteiger partial charge in [0.1, 0.15) is 5.76 Å². The largest absolute Gasteiger partial charge is 0.476 e. The number of nitrogens with zero attached hydrogens (tertiary/aromatic N) is 4. The fourth-order valence-corrected chi connectivity index (χ4v) is 1.35. The Labute approximate surface area is 107 Å². The van der Waals surface area contributed by atoms with Crippen LogP contribution in [0.15, 0.2) is 16.8 Å². The Balaban J connectivity index is 1.84. The number of carboxylic acids is 1. The molecule has 0 unspecified atom stereocenters. The number of aromatic nitrogens is 4. The lowest BCUT2D eigenvalue weighted by atomic mass is 10.4. The second-order valence-electron chi connectivity index (χ2n) is 3.79. The lowest BCUT2D eigenvalue weighted by molar-refractivity contribution is -0.116. The number of hydrogen-bond donors (Lipinski definition) is 2. The first-order valence-electron chi connectivity index (χ1n) is 5.41. The molecule has 0 aliphatic carbocycles. The van der Waals surface area contributed by atoms with Crippen LogP contribution in [0.5, 0.6) is 0 Å². The highest BCUT2D eigenvalue weighted by Gasteiger charge is 2.10. The van der Waals surface area contributed by atoms with Crippen molar-refractivity contribution in [1.29, 1.82) is 0 Å². The van der Waals surface area contributed by atoms with Crippen LogP contribution in [0, 0.1) is 6.92 Å². The minimum atomic E-state index is -1.16. The Morgan fingerprint density at radius 1 is 1.53 bits per heavy atom. The standard InChI is InChI=1S/C10H11N5O4/c1-6-4-8(13-19-6)11-9(16)2-3-15-5-7(10(17)18)12-14-15/h4-5H,2-3H2,1H3,(H,17,18)(H,11,13,16). The van der Waals surface area contributed by atoms with Gasteiger partial charge in [-0.25, -0.2) is 4.79 Å². The van der Waals surface area contributed by atoms with E-state index in [1.54, 1.807) is 13.0 Å². The van der Waals surface area contributed by atoms with Gasteiger partial charge in [-0.1, -0.05) is 10.4 Å². The predicted octanol–water partition coefficient (Wildman–Crippen LogP) is 0.302. The minimum Gasteiger partial charge on any atom is -0.476 e. The van der Waals surface area contributed by atoms with Crippen molar-refractivity contribution in [2.45, 2.75) is 19.9 Å². The number of nitrogens with one attached hydrogen (secondary N) is 1. The normalized spacial score (nSPS) is 10.4. The Bertz CT molecular complexity index is 603. The average Bonchev–Trinajstić information content (AvgIpc) is 2.96. The summed E-state index contributed by atoms with van der Waals surface area (Å²) in [5.74, 6) is -0.501. The number of carbonyl (C=O) groups excluding carboxylic acids is 1. The predicted molar refractivity (Wildman–Crippen MR) is 61.5 cm³/mol. The Hall–Kier alpha value is -2.71. The summed E-state index contributed by atoms with van der Waals surface area (Å²) < 4.78 is 6.09. The number of carbonyl (C=O) groups is 2. The van der Waals surface area contributed by atoms with Crippen LogP contribution >= 0.6 is 0 Å². The summed E-state index contributed by atoms with van der Waals surface area (Å²) in [5.41, 5.74) is -0.160. The first-order valence-corrected chi connectivity index (χ1v) is 5.41.